The largest absolute Gasteiger partial charge is 0.494 e. The van der Waals surface area contributed by atoms with Crippen molar-refractivity contribution in [2.24, 2.45) is 10.7 Å². The zero-order valence-corrected chi connectivity index (χ0v) is 17.0. The van der Waals surface area contributed by atoms with Crippen LogP contribution in [0.5, 0.6) is 11.5 Å². The van der Waals surface area contributed by atoms with Crippen molar-refractivity contribution in [2.75, 3.05) is 44.7 Å². The number of hydrogen-bond donors (Lipinski definition) is 2. The van der Waals surface area contributed by atoms with E-state index in [2.05, 4.69) is 15.2 Å². The Morgan fingerprint density at radius 3 is 2.59 bits per heavy atom. The Labute approximate surface area is 164 Å². The Bertz CT molecular complexity index is 571. The molecule has 0 bridgehead atoms. The molecule has 152 valence electrons. The molecule has 0 spiro atoms. The van der Waals surface area contributed by atoms with Gasteiger partial charge in [0.2, 0.25) is 0 Å². The standard InChI is InChI=1S/C21H36N4O2/c1-3-26-18-11-12-20(27-4-2)19(17-18)24-21(22)23-13-7-5-8-14-25-15-9-6-10-16-25/h11-12,17H,3-10,13-16H2,1-2H3,(H3,22,23,24). The number of anilines is 1. The summed E-state index contributed by atoms with van der Waals surface area (Å²) in [6, 6.07) is 5.69. The maximum atomic E-state index is 6.06. The van der Waals surface area contributed by atoms with Crippen LogP contribution in [-0.4, -0.2) is 50.3 Å². The second kappa shape index (κ2) is 12.4. The number of rotatable bonds is 11. The van der Waals surface area contributed by atoms with Crippen LogP contribution >= 0.6 is 0 Å². The molecule has 1 aliphatic heterocycles. The Morgan fingerprint density at radius 2 is 1.85 bits per heavy atom. The fourth-order valence-electron chi connectivity index (χ4n) is 3.33. The van der Waals surface area contributed by atoms with Crippen molar-refractivity contribution >= 4 is 11.6 Å². The Morgan fingerprint density at radius 1 is 1.07 bits per heavy atom. The van der Waals surface area contributed by atoms with Gasteiger partial charge in [0.15, 0.2) is 5.96 Å². The predicted octanol–water partition coefficient (Wildman–Crippen LogP) is 3.87. The van der Waals surface area contributed by atoms with Gasteiger partial charge in [0.1, 0.15) is 11.5 Å². The summed E-state index contributed by atoms with van der Waals surface area (Å²) in [5.74, 6) is 1.95. The van der Waals surface area contributed by atoms with Crippen molar-refractivity contribution in [3.05, 3.63) is 18.2 Å². The minimum absolute atomic E-state index is 0.417. The lowest BCUT2D eigenvalue weighted by atomic mass is 10.1. The topological polar surface area (TPSA) is 72.1 Å². The molecule has 0 atom stereocenters. The van der Waals surface area contributed by atoms with E-state index in [-0.39, 0.29) is 0 Å². The molecule has 0 unspecified atom stereocenters. The molecule has 1 saturated heterocycles. The predicted molar refractivity (Wildman–Crippen MR) is 113 cm³/mol. The van der Waals surface area contributed by atoms with Crippen LogP contribution in [0, 0.1) is 0 Å². The molecule has 0 saturated carbocycles. The van der Waals surface area contributed by atoms with Crippen LogP contribution in [0.2, 0.25) is 0 Å². The number of piperidine rings is 1. The van der Waals surface area contributed by atoms with Crippen molar-refractivity contribution in [1.82, 2.24) is 4.90 Å². The van der Waals surface area contributed by atoms with E-state index in [1.165, 1.54) is 51.7 Å². The first kappa shape index (κ1) is 21.4. The summed E-state index contributed by atoms with van der Waals surface area (Å²) in [6.07, 6.45) is 7.62. The van der Waals surface area contributed by atoms with E-state index in [9.17, 15) is 0 Å². The summed E-state index contributed by atoms with van der Waals surface area (Å²) in [5, 5.41) is 3.15. The molecule has 0 amide bonds. The monoisotopic (exact) mass is 376 g/mol. The third kappa shape index (κ3) is 8.08. The van der Waals surface area contributed by atoms with Crippen LogP contribution in [0.3, 0.4) is 0 Å². The average Bonchev–Trinajstić information content (AvgIpc) is 2.68. The molecular formula is C21H36N4O2. The molecule has 27 heavy (non-hydrogen) atoms. The molecule has 0 aliphatic carbocycles. The Balaban J connectivity index is 1.74. The van der Waals surface area contributed by atoms with Gasteiger partial charge in [0, 0.05) is 12.6 Å². The second-order valence-corrected chi connectivity index (χ2v) is 6.88. The highest BCUT2D eigenvalue weighted by atomic mass is 16.5. The highest BCUT2D eigenvalue weighted by Gasteiger charge is 2.09. The van der Waals surface area contributed by atoms with Crippen molar-refractivity contribution in [3.63, 3.8) is 0 Å². The number of unbranched alkanes of at least 4 members (excludes halogenated alkanes) is 2. The van der Waals surface area contributed by atoms with E-state index < -0.39 is 0 Å². The third-order valence-electron chi connectivity index (χ3n) is 4.69. The van der Waals surface area contributed by atoms with Gasteiger partial charge in [-0.15, -0.1) is 0 Å². The number of hydrogen-bond acceptors (Lipinski definition) is 4. The molecule has 1 aromatic rings. The Hall–Kier alpha value is -1.95. The fourth-order valence-corrected chi connectivity index (χ4v) is 3.33. The Kier molecular flexibility index (Phi) is 9.84. The maximum Gasteiger partial charge on any atom is 0.193 e. The first-order valence-corrected chi connectivity index (χ1v) is 10.4. The molecule has 3 N–H and O–H groups in total. The minimum Gasteiger partial charge on any atom is -0.494 e. The molecule has 1 aliphatic rings. The van der Waals surface area contributed by atoms with Crippen LogP contribution < -0.4 is 20.5 Å². The molecular weight excluding hydrogens is 340 g/mol. The second-order valence-electron chi connectivity index (χ2n) is 6.88. The highest BCUT2D eigenvalue weighted by Crippen LogP contribution is 2.29. The summed E-state index contributed by atoms with van der Waals surface area (Å²) in [6.45, 7) is 9.65. The zero-order chi connectivity index (χ0) is 19.3. The molecule has 1 heterocycles. The number of benzene rings is 1. The maximum absolute atomic E-state index is 6.06. The fraction of sp³-hybridized carbons (Fsp3) is 0.667. The number of nitrogens with one attached hydrogen (secondary N) is 1. The van der Waals surface area contributed by atoms with Gasteiger partial charge < -0.3 is 25.4 Å². The van der Waals surface area contributed by atoms with Gasteiger partial charge in [0.05, 0.1) is 18.9 Å². The number of nitrogens with two attached hydrogens (primary N) is 1. The lowest BCUT2D eigenvalue weighted by Crippen LogP contribution is -2.30. The number of nitrogens with zero attached hydrogens (tertiary/aromatic N) is 2. The van der Waals surface area contributed by atoms with E-state index in [0.29, 0.717) is 19.2 Å². The molecule has 0 aromatic heterocycles. The lowest BCUT2D eigenvalue weighted by Gasteiger charge is -2.26. The van der Waals surface area contributed by atoms with Crippen LogP contribution in [0.4, 0.5) is 5.69 Å². The van der Waals surface area contributed by atoms with Crippen LogP contribution in [0.25, 0.3) is 0 Å². The highest BCUT2D eigenvalue weighted by molar-refractivity contribution is 5.94. The van der Waals surface area contributed by atoms with Crippen LogP contribution in [0.1, 0.15) is 52.4 Å². The number of aliphatic imine (C=N–C) groups is 1. The number of guanidine groups is 1. The summed E-state index contributed by atoms with van der Waals surface area (Å²) in [7, 11) is 0. The van der Waals surface area contributed by atoms with Crippen molar-refractivity contribution in [3.8, 4) is 11.5 Å². The van der Waals surface area contributed by atoms with Crippen LogP contribution in [-0.2, 0) is 0 Å². The van der Waals surface area contributed by atoms with E-state index in [0.717, 1.165) is 30.2 Å². The van der Waals surface area contributed by atoms with Gasteiger partial charge in [0.25, 0.3) is 0 Å². The van der Waals surface area contributed by atoms with Crippen molar-refractivity contribution in [2.45, 2.75) is 52.4 Å². The summed E-state index contributed by atoms with van der Waals surface area (Å²) in [5.41, 5.74) is 6.85. The van der Waals surface area contributed by atoms with Gasteiger partial charge in [-0.1, -0.05) is 12.8 Å². The third-order valence-corrected chi connectivity index (χ3v) is 4.69. The zero-order valence-electron chi connectivity index (χ0n) is 17.0. The number of likely N-dealkylation sites (tertiary alicyclic amines) is 1. The summed E-state index contributed by atoms with van der Waals surface area (Å²) < 4.78 is 11.2. The van der Waals surface area contributed by atoms with E-state index in [1.807, 2.05) is 32.0 Å². The molecule has 1 aromatic carbocycles. The van der Waals surface area contributed by atoms with Crippen molar-refractivity contribution in [1.29, 1.82) is 0 Å². The molecule has 6 nitrogen and oxygen atoms in total. The first-order valence-electron chi connectivity index (χ1n) is 10.4. The quantitative estimate of drug-likeness (QED) is 0.348. The van der Waals surface area contributed by atoms with E-state index >= 15 is 0 Å². The molecule has 2 rings (SSSR count). The average molecular weight is 377 g/mol. The molecule has 6 heteroatoms. The van der Waals surface area contributed by atoms with Crippen LogP contribution in [0.15, 0.2) is 23.2 Å². The minimum atomic E-state index is 0.417. The smallest absolute Gasteiger partial charge is 0.193 e. The SMILES string of the molecule is CCOc1ccc(OCC)c(NC(N)=NCCCCCN2CCCCC2)c1. The van der Waals surface area contributed by atoms with Gasteiger partial charge in [-0.3, -0.25) is 4.99 Å². The van der Waals surface area contributed by atoms with Gasteiger partial charge in [-0.25, -0.2) is 0 Å². The van der Waals surface area contributed by atoms with Gasteiger partial charge in [-0.2, -0.15) is 0 Å². The first-order chi connectivity index (χ1) is 13.2. The summed E-state index contributed by atoms with van der Waals surface area (Å²) >= 11 is 0. The lowest BCUT2D eigenvalue weighted by molar-refractivity contribution is 0.224. The normalized spacial score (nSPS) is 15.6. The van der Waals surface area contributed by atoms with Gasteiger partial charge >= 0.3 is 0 Å². The molecule has 1 fully saturated rings. The van der Waals surface area contributed by atoms with Gasteiger partial charge in [-0.05, 0) is 71.3 Å². The summed E-state index contributed by atoms with van der Waals surface area (Å²) in [4.78, 5) is 7.04. The van der Waals surface area contributed by atoms with Crippen molar-refractivity contribution < 1.29 is 9.47 Å². The van der Waals surface area contributed by atoms with E-state index in [4.69, 9.17) is 15.2 Å². The van der Waals surface area contributed by atoms with E-state index in [1.54, 1.807) is 0 Å². The molecule has 0 radical (unpaired) electrons. The number of ether oxygens (including phenoxy) is 2.